The summed E-state index contributed by atoms with van der Waals surface area (Å²) in [6.45, 7) is 3.63. The van der Waals surface area contributed by atoms with Gasteiger partial charge in [0.2, 0.25) is 11.8 Å². The number of terminal acetylenes is 1. The van der Waals surface area contributed by atoms with Gasteiger partial charge >= 0.3 is 0 Å². The van der Waals surface area contributed by atoms with Crippen molar-refractivity contribution in [2.24, 2.45) is 0 Å². The molecule has 1 aliphatic heterocycles. The zero-order chi connectivity index (χ0) is 14.7. The van der Waals surface area contributed by atoms with Crippen LogP contribution in [0, 0.1) is 12.3 Å². The van der Waals surface area contributed by atoms with Crippen molar-refractivity contribution in [3.8, 4) is 12.3 Å². The van der Waals surface area contributed by atoms with Crippen LogP contribution in [0.3, 0.4) is 0 Å². The molecule has 1 heterocycles. The number of carbonyl (C=O) groups excluding carboxylic acids is 2. The van der Waals surface area contributed by atoms with Crippen molar-refractivity contribution in [3.05, 3.63) is 35.9 Å². The molecule has 0 radical (unpaired) electrons. The summed E-state index contributed by atoms with van der Waals surface area (Å²) >= 11 is 0. The van der Waals surface area contributed by atoms with Gasteiger partial charge in [0.25, 0.3) is 0 Å². The highest BCUT2D eigenvalue weighted by Gasteiger charge is 2.42. The summed E-state index contributed by atoms with van der Waals surface area (Å²) in [5, 5.41) is 2.77. The fourth-order valence-electron chi connectivity index (χ4n) is 2.46. The second kappa shape index (κ2) is 5.79. The van der Waals surface area contributed by atoms with E-state index < -0.39 is 18.1 Å². The van der Waals surface area contributed by atoms with Crippen molar-refractivity contribution >= 4 is 11.8 Å². The van der Waals surface area contributed by atoms with E-state index in [0.29, 0.717) is 6.42 Å². The Hall–Kier alpha value is -2.28. The Morgan fingerprint density at radius 1 is 1.35 bits per heavy atom. The summed E-state index contributed by atoms with van der Waals surface area (Å²) < 4.78 is 0. The summed E-state index contributed by atoms with van der Waals surface area (Å²) in [6.07, 6.45) is 6.02. The zero-order valence-corrected chi connectivity index (χ0v) is 11.7. The molecular formula is C16H18N2O2. The average molecular weight is 270 g/mol. The van der Waals surface area contributed by atoms with Gasteiger partial charge in [0.15, 0.2) is 0 Å². The minimum absolute atomic E-state index is 0.119. The highest BCUT2D eigenvalue weighted by molar-refractivity contribution is 5.97. The fourth-order valence-corrected chi connectivity index (χ4v) is 2.46. The molecule has 104 valence electrons. The van der Waals surface area contributed by atoms with Gasteiger partial charge in [-0.05, 0) is 18.9 Å². The first kappa shape index (κ1) is 14.1. The maximum Gasteiger partial charge on any atom is 0.248 e. The maximum absolute atomic E-state index is 12.5. The lowest BCUT2D eigenvalue weighted by molar-refractivity contribution is -0.151. The van der Waals surface area contributed by atoms with Crippen LogP contribution >= 0.6 is 0 Å². The molecule has 0 saturated carbocycles. The Balaban J connectivity index is 2.44. The van der Waals surface area contributed by atoms with Crippen LogP contribution in [0.25, 0.3) is 0 Å². The molecule has 0 aromatic heterocycles. The van der Waals surface area contributed by atoms with Gasteiger partial charge in [-0.15, -0.1) is 6.42 Å². The molecule has 1 N–H and O–H groups in total. The van der Waals surface area contributed by atoms with Gasteiger partial charge in [0, 0.05) is 0 Å². The van der Waals surface area contributed by atoms with Crippen molar-refractivity contribution in [3.63, 3.8) is 0 Å². The molecule has 3 atom stereocenters. The Morgan fingerprint density at radius 3 is 2.55 bits per heavy atom. The van der Waals surface area contributed by atoms with Crippen molar-refractivity contribution in [2.45, 2.75) is 38.4 Å². The van der Waals surface area contributed by atoms with Crippen LogP contribution in [-0.4, -0.2) is 28.8 Å². The molecule has 1 saturated heterocycles. The van der Waals surface area contributed by atoms with E-state index in [-0.39, 0.29) is 11.8 Å². The second-order valence-corrected chi connectivity index (χ2v) is 4.87. The largest absolute Gasteiger partial charge is 0.342 e. The van der Waals surface area contributed by atoms with Crippen LogP contribution in [0.5, 0.6) is 0 Å². The Bertz CT molecular complexity index is 547. The van der Waals surface area contributed by atoms with E-state index in [1.807, 2.05) is 37.3 Å². The Kier molecular flexibility index (Phi) is 4.09. The van der Waals surface area contributed by atoms with Gasteiger partial charge < -0.3 is 10.2 Å². The lowest BCUT2D eigenvalue weighted by Crippen LogP contribution is -2.61. The zero-order valence-electron chi connectivity index (χ0n) is 11.7. The molecular weight excluding hydrogens is 252 g/mol. The predicted octanol–water partition coefficient (Wildman–Crippen LogP) is 1.49. The Morgan fingerprint density at radius 2 is 2.00 bits per heavy atom. The van der Waals surface area contributed by atoms with Crippen LogP contribution in [0.1, 0.15) is 31.9 Å². The standard InChI is InChI=1S/C16H18N2O2/c1-4-11(3)18-14(12-9-7-6-8-10-12)15(19)17-13(5-2)16(18)20/h1,6-11,13-14H,5H2,2-3H3,(H,17,19). The fraction of sp³-hybridized carbons (Fsp3) is 0.375. The third-order valence-electron chi connectivity index (χ3n) is 3.58. The molecule has 1 aliphatic rings. The molecule has 1 fully saturated rings. The topological polar surface area (TPSA) is 49.4 Å². The van der Waals surface area contributed by atoms with Gasteiger partial charge in [-0.1, -0.05) is 43.2 Å². The highest BCUT2D eigenvalue weighted by Crippen LogP contribution is 2.28. The maximum atomic E-state index is 12.5. The number of hydrogen-bond acceptors (Lipinski definition) is 2. The lowest BCUT2D eigenvalue weighted by atomic mass is 9.97. The van der Waals surface area contributed by atoms with Gasteiger partial charge in [-0.2, -0.15) is 0 Å². The quantitative estimate of drug-likeness (QED) is 0.846. The first-order valence-corrected chi connectivity index (χ1v) is 6.73. The van der Waals surface area contributed by atoms with E-state index in [2.05, 4.69) is 11.2 Å². The van der Waals surface area contributed by atoms with E-state index in [1.54, 1.807) is 6.92 Å². The van der Waals surface area contributed by atoms with Gasteiger partial charge in [0.1, 0.15) is 12.1 Å². The summed E-state index contributed by atoms with van der Waals surface area (Å²) in [5.74, 6) is 2.26. The first-order chi connectivity index (χ1) is 9.60. The van der Waals surface area contributed by atoms with Crippen LogP contribution in [0.4, 0.5) is 0 Å². The number of nitrogens with zero attached hydrogens (tertiary/aromatic N) is 1. The molecule has 4 nitrogen and oxygen atoms in total. The molecule has 0 bridgehead atoms. The summed E-state index contributed by atoms with van der Waals surface area (Å²) in [4.78, 5) is 26.4. The van der Waals surface area contributed by atoms with Crippen LogP contribution in [0.2, 0.25) is 0 Å². The molecule has 0 spiro atoms. The van der Waals surface area contributed by atoms with Crippen molar-refractivity contribution < 1.29 is 9.59 Å². The first-order valence-electron chi connectivity index (χ1n) is 6.73. The number of rotatable bonds is 3. The van der Waals surface area contributed by atoms with E-state index in [1.165, 1.54) is 4.90 Å². The van der Waals surface area contributed by atoms with E-state index >= 15 is 0 Å². The number of benzene rings is 1. The third-order valence-corrected chi connectivity index (χ3v) is 3.58. The molecule has 2 rings (SSSR count). The van der Waals surface area contributed by atoms with Crippen molar-refractivity contribution in [1.82, 2.24) is 10.2 Å². The third kappa shape index (κ3) is 2.39. The van der Waals surface area contributed by atoms with Crippen molar-refractivity contribution in [2.75, 3.05) is 0 Å². The van der Waals surface area contributed by atoms with E-state index in [0.717, 1.165) is 5.56 Å². The predicted molar refractivity (Wildman–Crippen MR) is 76.5 cm³/mol. The molecule has 4 heteroatoms. The summed E-state index contributed by atoms with van der Waals surface area (Å²) in [6, 6.07) is 7.66. The summed E-state index contributed by atoms with van der Waals surface area (Å²) in [7, 11) is 0. The molecule has 1 aromatic rings. The SMILES string of the molecule is C#CC(C)N1C(=O)C(CC)NC(=O)C1c1ccccc1. The minimum Gasteiger partial charge on any atom is -0.342 e. The molecule has 2 amide bonds. The van der Waals surface area contributed by atoms with Crippen LogP contribution in [-0.2, 0) is 9.59 Å². The van der Waals surface area contributed by atoms with Gasteiger partial charge in [-0.25, -0.2) is 0 Å². The summed E-state index contributed by atoms with van der Waals surface area (Å²) in [5.41, 5.74) is 0.773. The number of nitrogens with one attached hydrogen (secondary N) is 1. The Labute approximate surface area is 119 Å². The van der Waals surface area contributed by atoms with Gasteiger partial charge in [0.05, 0.1) is 6.04 Å². The number of amides is 2. The van der Waals surface area contributed by atoms with E-state index in [9.17, 15) is 9.59 Å². The molecule has 3 unspecified atom stereocenters. The van der Waals surface area contributed by atoms with Crippen molar-refractivity contribution in [1.29, 1.82) is 0 Å². The normalized spacial score (nSPS) is 23.9. The average Bonchev–Trinajstić information content (AvgIpc) is 2.48. The second-order valence-electron chi connectivity index (χ2n) is 4.87. The molecule has 1 aromatic carbocycles. The van der Waals surface area contributed by atoms with Crippen LogP contribution in [0.15, 0.2) is 30.3 Å². The highest BCUT2D eigenvalue weighted by atomic mass is 16.2. The lowest BCUT2D eigenvalue weighted by Gasteiger charge is -2.40. The smallest absolute Gasteiger partial charge is 0.248 e. The molecule has 20 heavy (non-hydrogen) atoms. The van der Waals surface area contributed by atoms with E-state index in [4.69, 9.17) is 6.42 Å². The number of piperazine rings is 1. The number of hydrogen-bond donors (Lipinski definition) is 1. The number of carbonyl (C=O) groups is 2. The minimum atomic E-state index is -0.655. The van der Waals surface area contributed by atoms with Gasteiger partial charge in [-0.3, -0.25) is 9.59 Å². The van der Waals surface area contributed by atoms with Crippen LogP contribution < -0.4 is 5.32 Å². The monoisotopic (exact) mass is 270 g/mol. The molecule has 0 aliphatic carbocycles.